The van der Waals surface area contributed by atoms with Gasteiger partial charge in [-0.05, 0) is 41.5 Å². The van der Waals surface area contributed by atoms with Crippen LogP contribution >= 0.6 is 23.2 Å². The molecule has 4 saturated heterocycles. The number of carbonyl (C=O) groups is 2. The number of carbonyl (C=O) groups excluding carboxylic acids is 2. The smallest absolute Gasteiger partial charge is 0.410 e. The van der Waals surface area contributed by atoms with Crippen LogP contribution in [0.3, 0.4) is 0 Å². The zero-order valence-electron chi connectivity index (χ0n) is 31.7. The van der Waals surface area contributed by atoms with Gasteiger partial charge in [0.2, 0.25) is 15.0 Å². The van der Waals surface area contributed by atoms with Crippen LogP contribution < -0.4 is 14.5 Å². The number of sulfone groups is 1. The molecule has 4 fully saturated rings. The number of morpholine rings is 2. The first-order chi connectivity index (χ1) is 25.1. The summed E-state index contributed by atoms with van der Waals surface area (Å²) < 4.78 is 49.5. The molecule has 0 aromatic carbocycles. The van der Waals surface area contributed by atoms with Crippen LogP contribution in [0.2, 0.25) is 10.3 Å². The fourth-order valence-electron chi connectivity index (χ4n) is 4.97. The van der Waals surface area contributed by atoms with Crippen molar-refractivity contribution < 1.29 is 46.8 Å². The van der Waals surface area contributed by atoms with Crippen molar-refractivity contribution in [2.24, 2.45) is 0 Å². The number of likely N-dealkylation sites (tertiary alicyclic amines) is 2. The van der Waals surface area contributed by atoms with Gasteiger partial charge in [0.25, 0.3) is 0 Å². The number of aliphatic hydroxyl groups is 1. The minimum absolute atomic E-state index is 0.127. The van der Waals surface area contributed by atoms with Crippen molar-refractivity contribution in [1.82, 2.24) is 29.7 Å². The molecule has 302 valence electrons. The zero-order chi connectivity index (χ0) is 39.8. The molecule has 0 spiro atoms. The summed E-state index contributed by atoms with van der Waals surface area (Å²) in [5.74, 6) is 1.25. The van der Waals surface area contributed by atoms with Crippen LogP contribution in [0.25, 0.3) is 0 Å². The van der Waals surface area contributed by atoms with E-state index in [4.69, 9.17) is 52.0 Å². The minimum atomic E-state index is -3.45. The second-order valence-corrected chi connectivity index (χ2v) is 17.5. The quantitative estimate of drug-likeness (QED) is 0.341. The number of anilines is 2. The van der Waals surface area contributed by atoms with Gasteiger partial charge in [0.1, 0.15) is 39.2 Å². The Labute approximate surface area is 325 Å². The molecule has 21 heteroatoms. The van der Waals surface area contributed by atoms with Gasteiger partial charge in [-0.1, -0.05) is 23.2 Å². The molecular formula is C33H50Cl2N8O10S. The Balaban J connectivity index is 0.000000194. The van der Waals surface area contributed by atoms with Crippen molar-refractivity contribution in [1.29, 1.82) is 0 Å². The molecule has 0 aliphatic carbocycles. The van der Waals surface area contributed by atoms with E-state index >= 15 is 0 Å². The van der Waals surface area contributed by atoms with Gasteiger partial charge in [-0.2, -0.15) is 9.97 Å². The number of aliphatic hydroxyl groups excluding tert-OH is 1. The fourth-order valence-corrected chi connectivity index (χ4v) is 5.89. The second kappa shape index (κ2) is 18.4. The number of rotatable bonds is 5. The summed E-state index contributed by atoms with van der Waals surface area (Å²) in [5.41, 5.74) is -0.955. The van der Waals surface area contributed by atoms with Gasteiger partial charge in [-0.15, -0.1) is 0 Å². The average Bonchev–Trinajstić information content (AvgIpc) is 3.03. The van der Waals surface area contributed by atoms with Gasteiger partial charge >= 0.3 is 18.2 Å². The maximum atomic E-state index is 11.9. The van der Waals surface area contributed by atoms with Gasteiger partial charge in [-0.3, -0.25) is 0 Å². The topological polar surface area (TPSA) is 199 Å². The number of ether oxygens (including phenoxy) is 5. The summed E-state index contributed by atoms with van der Waals surface area (Å²) >= 11 is 11.9. The van der Waals surface area contributed by atoms with E-state index in [0.29, 0.717) is 76.7 Å². The molecule has 18 nitrogen and oxygen atoms in total. The zero-order valence-corrected chi connectivity index (χ0v) is 34.0. The maximum Gasteiger partial charge on any atom is 0.410 e. The Hall–Kier alpha value is -3.49. The van der Waals surface area contributed by atoms with E-state index in [2.05, 4.69) is 24.8 Å². The van der Waals surface area contributed by atoms with Crippen molar-refractivity contribution in [2.45, 2.75) is 70.1 Å². The number of aromatic nitrogens is 4. The van der Waals surface area contributed by atoms with E-state index in [1.54, 1.807) is 17.0 Å². The first kappa shape index (κ1) is 43.2. The van der Waals surface area contributed by atoms with Crippen LogP contribution in [0, 0.1) is 0 Å². The van der Waals surface area contributed by atoms with Crippen LogP contribution in [-0.2, 0) is 28.8 Å². The molecule has 0 unspecified atom stereocenters. The highest BCUT2D eigenvalue weighted by Gasteiger charge is 2.36. The summed E-state index contributed by atoms with van der Waals surface area (Å²) in [6.07, 6.45) is -0.149. The highest BCUT2D eigenvalue weighted by Crippen LogP contribution is 2.24. The van der Waals surface area contributed by atoms with Crippen LogP contribution in [0.4, 0.5) is 21.2 Å². The van der Waals surface area contributed by atoms with Crippen molar-refractivity contribution in [3.8, 4) is 6.01 Å². The summed E-state index contributed by atoms with van der Waals surface area (Å²) in [6, 6.07) is 3.50. The molecule has 6 heterocycles. The standard InChI is InChI=1S/C16H23ClN4O4.C9H12ClN3O3S.C8H15NO3/c1-16(2,3)25-15(22)21-9-11(10-21)24-14-18-12(17)8-13(19-14)20-4-6-23-7-5-20;1-17(14,15)9-11-7(10)6-8(12-9)13-2-4-16-5-3-13;1-8(2,3)12-7(11)9-4-6(10)5-9/h8,11H,4-7,9-10H2,1-3H3;6H,2-5H2,1H3;6,10H,4-5H2,1-3H3. The predicted octanol–water partition coefficient (Wildman–Crippen LogP) is 2.93. The fraction of sp³-hybridized carbons (Fsp3) is 0.697. The lowest BCUT2D eigenvalue weighted by Gasteiger charge is -2.39. The molecule has 0 atom stereocenters. The van der Waals surface area contributed by atoms with Gasteiger partial charge in [-0.25, -0.2) is 28.0 Å². The largest absolute Gasteiger partial charge is 0.456 e. The van der Waals surface area contributed by atoms with Crippen LogP contribution in [0.1, 0.15) is 41.5 Å². The molecule has 1 N–H and O–H groups in total. The molecular weight excluding hydrogens is 771 g/mol. The number of hydrogen-bond acceptors (Lipinski definition) is 16. The van der Waals surface area contributed by atoms with Gasteiger partial charge in [0.15, 0.2) is 0 Å². The Bertz CT molecular complexity index is 1690. The predicted molar refractivity (Wildman–Crippen MR) is 199 cm³/mol. The molecule has 0 radical (unpaired) electrons. The van der Waals surface area contributed by atoms with E-state index < -0.39 is 21.0 Å². The molecule has 54 heavy (non-hydrogen) atoms. The van der Waals surface area contributed by atoms with Gasteiger partial charge in [0, 0.05) is 44.6 Å². The number of halogens is 2. The molecule has 0 saturated carbocycles. The molecule has 0 bridgehead atoms. The van der Waals surface area contributed by atoms with Crippen molar-refractivity contribution in [2.75, 3.05) is 94.8 Å². The summed E-state index contributed by atoms with van der Waals surface area (Å²) in [4.78, 5) is 46.5. The third kappa shape index (κ3) is 14.0. The van der Waals surface area contributed by atoms with Crippen molar-refractivity contribution >= 4 is 56.9 Å². The third-order valence-corrected chi connectivity index (χ3v) is 8.84. The van der Waals surface area contributed by atoms with Crippen molar-refractivity contribution in [3.05, 3.63) is 22.4 Å². The normalized spacial score (nSPS) is 18.3. The minimum Gasteiger partial charge on any atom is -0.456 e. The van der Waals surface area contributed by atoms with Gasteiger partial charge < -0.3 is 48.4 Å². The van der Waals surface area contributed by atoms with E-state index in [-0.39, 0.29) is 40.7 Å². The SMILES string of the molecule is CC(C)(C)OC(=O)N1CC(O)C1.CC(C)(C)OC(=O)N1CC(Oc2nc(Cl)cc(N3CCOCC3)n2)C1.CS(=O)(=O)c1nc(Cl)cc(N2CCOCC2)n1. The molecule has 2 amide bonds. The lowest BCUT2D eigenvalue weighted by atomic mass is 10.2. The lowest BCUT2D eigenvalue weighted by Crippen LogP contribution is -2.57. The molecule has 4 aliphatic rings. The van der Waals surface area contributed by atoms with Crippen LogP contribution in [0.5, 0.6) is 6.01 Å². The first-order valence-electron chi connectivity index (χ1n) is 17.4. The number of amides is 2. The maximum absolute atomic E-state index is 11.9. The average molecular weight is 822 g/mol. The third-order valence-electron chi connectivity index (χ3n) is 7.61. The van der Waals surface area contributed by atoms with Crippen molar-refractivity contribution in [3.63, 3.8) is 0 Å². The van der Waals surface area contributed by atoms with Gasteiger partial charge in [0.05, 0.1) is 58.7 Å². The highest BCUT2D eigenvalue weighted by molar-refractivity contribution is 7.90. The number of nitrogens with zero attached hydrogens (tertiary/aromatic N) is 8. The van der Waals surface area contributed by atoms with E-state index in [0.717, 1.165) is 25.2 Å². The number of β-amino-alcohol motifs (C(OH)–C–C–N with tert-alkyl or cyclic N) is 1. The van der Waals surface area contributed by atoms with E-state index in [9.17, 15) is 18.0 Å². The second-order valence-electron chi connectivity index (χ2n) is 14.8. The summed E-state index contributed by atoms with van der Waals surface area (Å²) in [5, 5.41) is 9.13. The highest BCUT2D eigenvalue weighted by atomic mass is 35.5. The summed E-state index contributed by atoms with van der Waals surface area (Å²) in [6.45, 7) is 18.0. The molecule has 6 rings (SSSR count). The summed E-state index contributed by atoms with van der Waals surface area (Å²) in [7, 11) is -3.45. The lowest BCUT2D eigenvalue weighted by molar-refractivity contribution is -0.0303. The monoisotopic (exact) mass is 820 g/mol. The Morgan fingerprint density at radius 1 is 0.741 bits per heavy atom. The van der Waals surface area contributed by atoms with E-state index in [1.807, 2.05) is 46.4 Å². The van der Waals surface area contributed by atoms with E-state index in [1.165, 1.54) is 4.90 Å². The molecule has 2 aromatic rings. The molecule has 2 aromatic heterocycles. The van der Waals surface area contributed by atoms with Crippen LogP contribution in [-0.4, -0.2) is 164 Å². The molecule has 4 aliphatic heterocycles. The van der Waals surface area contributed by atoms with Crippen LogP contribution in [0.15, 0.2) is 17.3 Å². The Morgan fingerprint density at radius 2 is 1.17 bits per heavy atom. The number of hydrogen-bond donors (Lipinski definition) is 1. The Morgan fingerprint density at radius 3 is 1.59 bits per heavy atom. The Kier molecular flexibility index (Phi) is 14.8. The first-order valence-corrected chi connectivity index (χ1v) is 20.0.